The summed E-state index contributed by atoms with van der Waals surface area (Å²) in [7, 11) is 1.43. The number of carbonyl (C=O) groups excluding carboxylic acids is 3. The predicted molar refractivity (Wildman–Crippen MR) is 112 cm³/mol. The molecule has 1 aliphatic rings. The van der Waals surface area contributed by atoms with E-state index >= 15 is 0 Å². The van der Waals surface area contributed by atoms with Crippen molar-refractivity contribution in [3.05, 3.63) is 57.1 Å². The molecule has 1 heterocycles. The fraction of sp³-hybridized carbons (Fsp3) is 0.190. The van der Waals surface area contributed by atoms with E-state index in [9.17, 15) is 14.4 Å². The summed E-state index contributed by atoms with van der Waals surface area (Å²) < 4.78 is 10.9. The first-order valence-corrected chi connectivity index (χ1v) is 9.51. The van der Waals surface area contributed by atoms with Crippen LogP contribution in [0.5, 0.6) is 11.5 Å². The molecule has 1 N–H and O–H groups in total. The Morgan fingerprint density at radius 1 is 1.14 bits per heavy atom. The number of nitrogens with zero attached hydrogens (tertiary/aromatic N) is 1. The Balaban J connectivity index is 1.97. The SMILES string of the molecule is COc1cc(C=C2C(=O)NN(c3ccc(C)c(C)c3)C2=O)cc(Br)c1OC(C)=O. The Labute approximate surface area is 176 Å². The number of hydrogen-bond donors (Lipinski definition) is 1. The van der Waals surface area contributed by atoms with Crippen molar-refractivity contribution in [1.82, 2.24) is 5.43 Å². The second kappa shape index (κ2) is 8.08. The Morgan fingerprint density at radius 3 is 2.48 bits per heavy atom. The molecule has 29 heavy (non-hydrogen) atoms. The minimum atomic E-state index is -0.507. The number of methoxy groups -OCH3 is 1. The monoisotopic (exact) mass is 458 g/mol. The highest BCUT2D eigenvalue weighted by molar-refractivity contribution is 9.10. The number of carbonyl (C=O) groups is 3. The summed E-state index contributed by atoms with van der Waals surface area (Å²) in [6.45, 7) is 5.19. The molecule has 2 amide bonds. The van der Waals surface area contributed by atoms with Crippen LogP contribution in [0.2, 0.25) is 0 Å². The van der Waals surface area contributed by atoms with Crippen molar-refractivity contribution in [3.63, 3.8) is 0 Å². The van der Waals surface area contributed by atoms with E-state index in [0.717, 1.165) is 11.1 Å². The molecule has 0 radical (unpaired) electrons. The van der Waals surface area contributed by atoms with Crippen molar-refractivity contribution in [2.24, 2.45) is 0 Å². The van der Waals surface area contributed by atoms with Gasteiger partial charge in [-0.3, -0.25) is 19.8 Å². The molecule has 0 unspecified atom stereocenters. The molecule has 3 rings (SSSR count). The summed E-state index contributed by atoms with van der Waals surface area (Å²) in [5.74, 6) is -0.950. The number of hydrazine groups is 1. The van der Waals surface area contributed by atoms with Crippen LogP contribution in [0.3, 0.4) is 0 Å². The van der Waals surface area contributed by atoms with Crippen molar-refractivity contribution in [3.8, 4) is 11.5 Å². The number of anilines is 1. The molecule has 0 spiro atoms. The van der Waals surface area contributed by atoms with Gasteiger partial charge in [0.05, 0.1) is 17.3 Å². The number of amides is 2. The molecule has 2 aromatic carbocycles. The van der Waals surface area contributed by atoms with E-state index in [1.165, 1.54) is 25.1 Å². The highest BCUT2D eigenvalue weighted by atomic mass is 79.9. The molecule has 0 atom stereocenters. The Bertz CT molecular complexity index is 1060. The van der Waals surface area contributed by atoms with Crippen molar-refractivity contribution < 1.29 is 23.9 Å². The molecule has 1 aliphatic heterocycles. The second-order valence-corrected chi connectivity index (χ2v) is 7.39. The summed E-state index contributed by atoms with van der Waals surface area (Å²) in [5, 5.41) is 1.22. The van der Waals surface area contributed by atoms with Crippen molar-refractivity contribution in [2.75, 3.05) is 12.1 Å². The van der Waals surface area contributed by atoms with Gasteiger partial charge in [0, 0.05) is 6.92 Å². The third-order valence-electron chi connectivity index (χ3n) is 4.45. The summed E-state index contributed by atoms with van der Waals surface area (Å²) in [6.07, 6.45) is 1.46. The van der Waals surface area contributed by atoms with Crippen LogP contribution in [0.1, 0.15) is 23.6 Å². The van der Waals surface area contributed by atoms with E-state index in [1.807, 2.05) is 26.0 Å². The van der Waals surface area contributed by atoms with Gasteiger partial charge >= 0.3 is 5.97 Å². The fourth-order valence-electron chi connectivity index (χ4n) is 2.84. The number of aryl methyl sites for hydroxylation is 2. The van der Waals surface area contributed by atoms with Gasteiger partial charge in [-0.2, -0.15) is 0 Å². The molecule has 0 saturated carbocycles. The van der Waals surface area contributed by atoms with Crippen LogP contribution >= 0.6 is 15.9 Å². The van der Waals surface area contributed by atoms with Gasteiger partial charge in [-0.25, -0.2) is 5.01 Å². The first-order chi connectivity index (χ1) is 13.7. The van der Waals surface area contributed by atoms with E-state index in [4.69, 9.17) is 9.47 Å². The maximum atomic E-state index is 12.8. The Hall–Kier alpha value is -3.13. The van der Waals surface area contributed by atoms with E-state index in [0.29, 0.717) is 21.5 Å². The number of halogens is 1. The van der Waals surface area contributed by atoms with Crippen LogP contribution in [0.15, 0.2) is 40.4 Å². The van der Waals surface area contributed by atoms with Crippen LogP contribution in [0.25, 0.3) is 6.08 Å². The van der Waals surface area contributed by atoms with Crippen LogP contribution in [0, 0.1) is 13.8 Å². The van der Waals surface area contributed by atoms with Gasteiger partial charge < -0.3 is 9.47 Å². The molecule has 0 bridgehead atoms. The summed E-state index contributed by atoms with van der Waals surface area (Å²) in [5.41, 5.74) is 5.78. The normalized spacial score (nSPS) is 14.9. The smallest absolute Gasteiger partial charge is 0.308 e. The maximum absolute atomic E-state index is 12.8. The molecule has 1 saturated heterocycles. The molecule has 1 fully saturated rings. The van der Waals surface area contributed by atoms with Crippen LogP contribution in [-0.4, -0.2) is 24.9 Å². The third kappa shape index (κ3) is 4.17. The molecule has 0 aliphatic carbocycles. The van der Waals surface area contributed by atoms with Gasteiger partial charge in [0.1, 0.15) is 5.57 Å². The second-order valence-electron chi connectivity index (χ2n) is 6.54. The largest absolute Gasteiger partial charge is 0.493 e. The van der Waals surface area contributed by atoms with Crippen LogP contribution in [-0.2, 0) is 14.4 Å². The average Bonchev–Trinajstić information content (AvgIpc) is 2.93. The number of esters is 1. The minimum Gasteiger partial charge on any atom is -0.493 e. The standard InChI is InChI=1S/C21H19BrN2O5/c1-11-5-6-15(7-12(11)2)24-21(27)16(20(26)23-24)8-14-9-17(22)19(29-13(3)25)18(10-14)28-4/h5-10H,1-4H3,(H,23,26). The number of nitrogens with one attached hydrogen (secondary N) is 1. The molecular weight excluding hydrogens is 440 g/mol. The molecule has 150 valence electrons. The van der Waals surface area contributed by atoms with Gasteiger partial charge in [-0.1, -0.05) is 6.07 Å². The van der Waals surface area contributed by atoms with Gasteiger partial charge in [-0.15, -0.1) is 0 Å². The van der Waals surface area contributed by atoms with E-state index in [2.05, 4.69) is 21.4 Å². The highest BCUT2D eigenvalue weighted by Gasteiger charge is 2.34. The molecule has 2 aromatic rings. The first kappa shape index (κ1) is 20.6. The third-order valence-corrected chi connectivity index (χ3v) is 5.04. The van der Waals surface area contributed by atoms with Gasteiger partial charge in [0.2, 0.25) is 0 Å². The summed E-state index contributed by atoms with van der Waals surface area (Å²) >= 11 is 3.33. The maximum Gasteiger partial charge on any atom is 0.308 e. The lowest BCUT2D eigenvalue weighted by Gasteiger charge is -2.16. The lowest BCUT2D eigenvalue weighted by Crippen LogP contribution is -2.35. The Kier molecular flexibility index (Phi) is 5.74. The number of hydrogen-bond acceptors (Lipinski definition) is 5. The molecular formula is C21H19BrN2O5. The highest BCUT2D eigenvalue weighted by Crippen LogP contribution is 2.37. The zero-order chi connectivity index (χ0) is 21.3. The average molecular weight is 459 g/mol. The zero-order valence-corrected chi connectivity index (χ0v) is 17.9. The van der Waals surface area contributed by atoms with E-state index in [-0.39, 0.29) is 11.3 Å². The van der Waals surface area contributed by atoms with Crippen molar-refractivity contribution in [1.29, 1.82) is 0 Å². The molecule has 7 nitrogen and oxygen atoms in total. The van der Waals surface area contributed by atoms with Crippen molar-refractivity contribution >= 4 is 45.5 Å². The topological polar surface area (TPSA) is 84.9 Å². The van der Waals surface area contributed by atoms with E-state index in [1.54, 1.807) is 18.2 Å². The number of ether oxygens (including phenoxy) is 2. The first-order valence-electron chi connectivity index (χ1n) is 8.71. The van der Waals surface area contributed by atoms with Crippen LogP contribution in [0.4, 0.5) is 5.69 Å². The molecule has 0 aromatic heterocycles. The minimum absolute atomic E-state index is 0.0163. The predicted octanol–water partition coefficient (Wildman–Crippen LogP) is 3.46. The lowest BCUT2D eigenvalue weighted by molar-refractivity contribution is -0.132. The lowest BCUT2D eigenvalue weighted by atomic mass is 10.1. The zero-order valence-electron chi connectivity index (χ0n) is 16.3. The summed E-state index contributed by atoms with van der Waals surface area (Å²) in [4.78, 5) is 36.5. The quantitative estimate of drug-likeness (QED) is 0.328. The van der Waals surface area contributed by atoms with Gasteiger partial charge in [0.15, 0.2) is 11.5 Å². The van der Waals surface area contributed by atoms with Gasteiger partial charge in [0.25, 0.3) is 11.8 Å². The fourth-order valence-corrected chi connectivity index (χ4v) is 3.38. The van der Waals surface area contributed by atoms with E-state index < -0.39 is 17.8 Å². The molecule has 8 heteroatoms. The van der Waals surface area contributed by atoms with Crippen LogP contribution < -0.4 is 19.9 Å². The summed E-state index contributed by atoms with van der Waals surface area (Å²) in [6, 6.07) is 8.71. The number of benzene rings is 2. The number of rotatable bonds is 4. The van der Waals surface area contributed by atoms with Gasteiger partial charge in [-0.05, 0) is 76.8 Å². The van der Waals surface area contributed by atoms with Crippen molar-refractivity contribution in [2.45, 2.75) is 20.8 Å². The Morgan fingerprint density at radius 2 is 1.86 bits per heavy atom.